The summed E-state index contributed by atoms with van der Waals surface area (Å²) in [6, 6.07) is 0. The lowest BCUT2D eigenvalue weighted by Crippen LogP contribution is -2.29. The van der Waals surface area contributed by atoms with Crippen LogP contribution in [0.3, 0.4) is 0 Å². The van der Waals surface area contributed by atoms with Gasteiger partial charge in [0, 0.05) is 36.5 Å². The predicted octanol–water partition coefficient (Wildman–Crippen LogP) is 3.35. The highest BCUT2D eigenvalue weighted by Crippen LogP contribution is 2.08. The van der Waals surface area contributed by atoms with Crippen molar-refractivity contribution >= 4 is 23.3 Å². The first-order valence-electron chi connectivity index (χ1n) is 7.37. The maximum Gasteiger partial charge on any atom is 0.257 e. The summed E-state index contributed by atoms with van der Waals surface area (Å²) in [5.41, 5.74) is 2.22. The van der Waals surface area contributed by atoms with Crippen LogP contribution >= 0.6 is 11.6 Å². The Balaban J connectivity index is 2.31. The summed E-state index contributed by atoms with van der Waals surface area (Å²) in [5, 5.41) is 5.67. The van der Waals surface area contributed by atoms with Gasteiger partial charge in [-0.25, -0.2) is 9.37 Å². The third kappa shape index (κ3) is 8.66. The lowest BCUT2D eigenvalue weighted by molar-refractivity contribution is -0.124. The number of amides is 1. The minimum absolute atomic E-state index is 0.105. The number of ether oxygens (including phenoxy) is 1. The number of aromatic nitrogens is 2. The quantitative estimate of drug-likeness (QED) is 0.490. The first-order chi connectivity index (χ1) is 11.9. The Kier molecular flexibility index (Phi) is 8.95. The molecule has 1 rings (SSSR count). The number of carbonyl (C=O) groups is 1. The van der Waals surface area contributed by atoms with Gasteiger partial charge in [-0.05, 0) is 13.0 Å². The van der Waals surface area contributed by atoms with Gasteiger partial charge in [-0.3, -0.25) is 9.78 Å². The summed E-state index contributed by atoms with van der Waals surface area (Å²) in [6.45, 7) is 9.25. The molecule has 0 spiro atoms. The van der Waals surface area contributed by atoms with Crippen molar-refractivity contribution in [1.29, 1.82) is 0 Å². The van der Waals surface area contributed by atoms with Crippen molar-refractivity contribution in [2.24, 2.45) is 0 Å². The SMILES string of the molecule is C=C/C(=C\C(F)=C\Cl)OCC(=O)NCCC(=C)Nc1cncc(C)n1. The number of allylic oxidation sites excluding steroid dienone is 3. The van der Waals surface area contributed by atoms with E-state index in [1.54, 1.807) is 12.4 Å². The zero-order valence-electron chi connectivity index (χ0n) is 13.9. The van der Waals surface area contributed by atoms with Crippen LogP contribution in [0.4, 0.5) is 10.2 Å². The standard InChI is InChI=1S/C17H20ClFN4O2/c1-4-15(7-14(19)8-18)25-11-17(24)21-6-5-12(2)22-16-10-20-9-13(3)23-16/h4,7-10H,1-2,5-6,11H2,3H3,(H,21,24)(H,22,23)/b14-8-,15-7+. The van der Waals surface area contributed by atoms with Crippen LogP contribution in [0.1, 0.15) is 12.1 Å². The first kappa shape index (κ1) is 20.4. The van der Waals surface area contributed by atoms with Gasteiger partial charge in [0.2, 0.25) is 0 Å². The van der Waals surface area contributed by atoms with E-state index in [-0.39, 0.29) is 18.3 Å². The zero-order valence-corrected chi connectivity index (χ0v) is 14.6. The van der Waals surface area contributed by atoms with Gasteiger partial charge in [0.05, 0.1) is 11.9 Å². The minimum Gasteiger partial charge on any atom is -0.484 e. The Morgan fingerprint density at radius 1 is 1.48 bits per heavy atom. The third-order valence-corrected chi connectivity index (χ3v) is 2.97. The number of anilines is 1. The zero-order chi connectivity index (χ0) is 18.7. The highest BCUT2D eigenvalue weighted by atomic mass is 35.5. The van der Waals surface area contributed by atoms with Crippen molar-refractivity contribution in [3.8, 4) is 0 Å². The Bertz CT molecular complexity index is 689. The van der Waals surface area contributed by atoms with Gasteiger partial charge in [0.25, 0.3) is 5.91 Å². The fourth-order valence-electron chi connectivity index (χ4n) is 1.65. The van der Waals surface area contributed by atoms with Crippen molar-refractivity contribution in [2.45, 2.75) is 13.3 Å². The van der Waals surface area contributed by atoms with Gasteiger partial charge in [-0.1, -0.05) is 24.8 Å². The molecule has 0 fully saturated rings. The van der Waals surface area contributed by atoms with Crippen molar-refractivity contribution in [2.75, 3.05) is 18.5 Å². The van der Waals surface area contributed by atoms with Crippen LogP contribution in [0.2, 0.25) is 0 Å². The molecule has 1 aromatic rings. The van der Waals surface area contributed by atoms with Crippen molar-refractivity contribution < 1.29 is 13.9 Å². The monoisotopic (exact) mass is 366 g/mol. The average Bonchev–Trinajstić information content (AvgIpc) is 2.58. The fraction of sp³-hybridized carbons (Fsp3) is 0.235. The number of halogens is 2. The fourth-order valence-corrected chi connectivity index (χ4v) is 1.71. The summed E-state index contributed by atoms with van der Waals surface area (Å²) >= 11 is 5.21. The summed E-state index contributed by atoms with van der Waals surface area (Å²) < 4.78 is 18.1. The molecule has 0 saturated carbocycles. The maximum atomic E-state index is 13.0. The molecular formula is C17H20ClFN4O2. The molecule has 0 radical (unpaired) electrons. The van der Waals surface area contributed by atoms with E-state index in [4.69, 9.17) is 16.3 Å². The molecule has 0 aliphatic carbocycles. The van der Waals surface area contributed by atoms with E-state index in [0.29, 0.717) is 24.5 Å². The molecule has 6 nitrogen and oxygen atoms in total. The smallest absolute Gasteiger partial charge is 0.257 e. The number of hydrogen-bond donors (Lipinski definition) is 2. The van der Waals surface area contributed by atoms with E-state index in [1.165, 1.54) is 6.08 Å². The normalized spacial score (nSPS) is 11.6. The molecular weight excluding hydrogens is 347 g/mol. The Labute approximate surface area is 151 Å². The highest BCUT2D eigenvalue weighted by Gasteiger charge is 2.04. The van der Waals surface area contributed by atoms with Crippen LogP contribution in [-0.4, -0.2) is 29.0 Å². The van der Waals surface area contributed by atoms with Gasteiger partial charge < -0.3 is 15.4 Å². The lowest BCUT2D eigenvalue weighted by Gasteiger charge is -2.10. The molecule has 0 atom stereocenters. The van der Waals surface area contributed by atoms with E-state index in [9.17, 15) is 9.18 Å². The van der Waals surface area contributed by atoms with E-state index in [0.717, 1.165) is 17.3 Å². The lowest BCUT2D eigenvalue weighted by atomic mass is 10.3. The third-order valence-electron chi connectivity index (χ3n) is 2.76. The van der Waals surface area contributed by atoms with Crippen molar-refractivity contribution in [3.05, 3.63) is 66.2 Å². The summed E-state index contributed by atoms with van der Waals surface area (Å²) in [4.78, 5) is 20.0. The highest BCUT2D eigenvalue weighted by molar-refractivity contribution is 6.25. The summed E-state index contributed by atoms with van der Waals surface area (Å²) in [5.74, 6) is -0.354. The number of nitrogens with zero attached hydrogens (tertiary/aromatic N) is 2. The molecule has 25 heavy (non-hydrogen) atoms. The molecule has 0 bridgehead atoms. The Morgan fingerprint density at radius 3 is 2.88 bits per heavy atom. The number of carbonyl (C=O) groups excluding carboxylic acids is 1. The number of aryl methyl sites for hydroxylation is 1. The molecule has 0 saturated heterocycles. The summed E-state index contributed by atoms with van der Waals surface area (Å²) in [7, 11) is 0. The van der Waals surface area contributed by atoms with Crippen molar-refractivity contribution in [3.63, 3.8) is 0 Å². The average molecular weight is 367 g/mol. The maximum absolute atomic E-state index is 13.0. The molecule has 0 unspecified atom stereocenters. The van der Waals surface area contributed by atoms with Crippen LogP contribution < -0.4 is 10.6 Å². The summed E-state index contributed by atoms with van der Waals surface area (Å²) in [6.07, 6.45) is 6.04. The largest absolute Gasteiger partial charge is 0.484 e. The Morgan fingerprint density at radius 2 is 2.24 bits per heavy atom. The Hall–Kier alpha value is -2.67. The van der Waals surface area contributed by atoms with Crippen LogP contribution in [0.25, 0.3) is 0 Å². The topological polar surface area (TPSA) is 76.1 Å². The molecule has 1 aromatic heterocycles. The van der Waals surface area contributed by atoms with Gasteiger partial charge in [0.15, 0.2) is 6.61 Å². The van der Waals surface area contributed by atoms with Gasteiger partial charge >= 0.3 is 0 Å². The van der Waals surface area contributed by atoms with Gasteiger partial charge in [-0.2, -0.15) is 0 Å². The molecule has 134 valence electrons. The number of rotatable bonds is 10. The van der Waals surface area contributed by atoms with Crippen molar-refractivity contribution in [1.82, 2.24) is 15.3 Å². The number of nitrogens with one attached hydrogen (secondary N) is 2. The molecule has 2 N–H and O–H groups in total. The minimum atomic E-state index is -0.696. The van der Waals surface area contributed by atoms with Crippen LogP contribution in [0.5, 0.6) is 0 Å². The second kappa shape index (κ2) is 11.0. The van der Waals surface area contributed by atoms with E-state index in [1.807, 2.05) is 6.92 Å². The van der Waals surface area contributed by atoms with Crippen LogP contribution in [0.15, 0.2) is 60.5 Å². The molecule has 0 aliphatic rings. The van der Waals surface area contributed by atoms with Crippen LogP contribution in [0, 0.1) is 6.92 Å². The van der Waals surface area contributed by atoms with Gasteiger partial charge in [0.1, 0.15) is 17.4 Å². The second-order valence-corrected chi connectivity index (χ2v) is 5.13. The van der Waals surface area contributed by atoms with E-state index in [2.05, 4.69) is 33.8 Å². The van der Waals surface area contributed by atoms with Crippen LogP contribution in [-0.2, 0) is 9.53 Å². The molecule has 1 heterocycles. The number of hydrogen-bond acceptors (Lipinski definition) is 5. The molecule has 1 amide bonds. The molecule has 0 aliphatic heterocycles. The molecule has 8 heteroatoms. The molecule has 0 aromatic carbocycles. The van der Waals surface area contributed by atoms with Gasteiger partial charge in [-0.15, -0.1) is 0 Å². The second-order valence-electron chi connectivity index (χ2n) is 4.91. The van der Waals surface area contributed by atoms with E-state index >= 15 is 0 Å². The van der Waals surface area contributed by atoms with E-state index < -0.39 is 5.83 Å². The first-order valence-corrected chi connectivity index (χ1v) is 7.81. The predicted molar refractivity (Wildman–Crippen MR) is 96.4 cm³/mol.